The Labute approximate surface area is 133 Å². The lowest BCUT2D eigenvalue weighted by Gasteiger charge is -2.19. The molecule has 2 aromatic rings. The molecule has 0 N–H and O–H groups in total. The summed E-state index contributed by atoms with van der Waals surface area (Å²) in [5.74, 6) is 0. The monoisotopic (exact) mass is 298 g/mol. The molecule has 3 rings (SSSR count). The molecule has 3 nitrogen and oxygen atoms in total. The van der Waals surface area contributed by atoms with Gasteiger partial charge in [0.1, 0.15) is 0 Å². The third kappa shape index (κ3) is 3.65. The second kappa shape index (κ2) is 7.21. The standard InChI is InChI=1S/C19H26N2O/c1-15-9-10-16(18-8-3-11-20-19(15)18)14-21(2)12-4-6-17-7-5-13-22-17/h3,8-11,17H,4-7,12-14H2,1-2H3. The Morgan fingerprint density at radius 2 is 2.23 bits per heavy atom. The molecular formula is C19H26N2O. The SMILES string of the molecule is Cc1ccc(CN(C)CCCC2CCCO2)c2cccnc12. The Morgan fingerprint density at radius 3 is 3.05 bits per heavy atom. The first-order valence-corrected chi connectivity index (χ1v) is 8.37. The normalized spacial score (nSPS) is 18.4. The number of aryl methyl sites for hydroxylation is 1. The first kappa shape index (κ1) is 15.4. The second-order valence-electron chi connectivity index (χ2n) is 6.46. The number of hydrogen-bond acceptors (Lipinski definition) is 3. The van der Waals surface area contributed by atoms with Gasteiger partial charge in [0.2, 0.25) is 0 Å². The van der Waals surface area contributed by atoms with Crippen LogP contribution in [-0.4, -0.2) is 36.2 Å². The summed E-state index contributed by atoms with van der Waals surface area (Å²) >= 11 is 0. The Bertz CT molecular complexity index is 620. The minimum absolute atomic E-state index is 0.512. The van der Waals surface area contributed by atoms with Crippen LogP contribution < -0.4 is 0 Å². The van der Waals surface area contributed by atoms with Gasteiger partial charge in [-0.1, -0.05) is 18.2 Å². The van der Waals surface area contributed by atoms with Gasteiger partial charge in [-0.3, -0.25) is 4.98 Å². The first-order valence-electron chi connectivity index (χ1n) is 8.37. The van der Waals surface area contributed by atoms with Gasteiger partial charge >= 0.3 is 0 Å². The number of rotatable bonds is 6. The topological polar surface area (TPSA) is 25.4 Å². The number of nitrogens with zero attached hydrogens (tertiary/aromatic N) is 2. The van der Waals surface area contributed by atoms with Crippen molar-refractivity contribution in [3.8, 4) is 0 Å². The van der Waals surface area contributed by atoms with Crippen LogP contribution in [0.2, 0.25) is 0 Å². The van der Waals surface area contributed by atoms with Crippen LogP contribution in [0.4, 0.5) is 0 Å². The van der Waals surface area contributed by atoms with Crippen LogP contribution in [-0.2, 0) is 11.3 Å². The average Bonchev–Trinajstić information content (AvgIpc) is 3.04. The Kier molecular flexibility index (Phi) is 5.06. The minimum atomic E-state index is 0.512. The molecule has 1 aliphatic heterocycles. The fraction of sp³-hybridized carbons (Fsp3) is 0.526. The summed E-state index contributed by atoms with van der Waals surface area (Å²) < 4.78 is 5.70. The highest BCUT2D eigenvalue weighted by Crippen LogP contribution is 2.22. The van der Waals surface area contributed by atoms with E-state index in [0.717, 1.165) is 25.2 Å². The van der Waals surface area contributed by atoms with Crippen molar-refractivity contribution in [2.24, 2.45) is 0 Å². The lowest BCUT2D eigenvalue weighted by atomic mass is 10.0. The summed E-state index contributed by atoms with van der Waals surface area (Å²) in [4.78, 5) is 6.94. The van der Waals surface area contributed by atoms with E-state index in [1.807, 2.05) is 12.3 Å². The van der Waals surface area contributed by atoms with Crippen LogP contribution in [0.5, 0.6) is 0 Å². The highest BCUT2D eigenvalue weighted by molar-refractivity contribution is 5.84. The summed E-state index contributed by atoms with van der Waals surface area (Å²) in [6.45, 7) is 5.19. The van der Waals surface area contributed by atoms with Crippen LogP contribution in [0.3, 0.4) is 0 Å². The molecule has 2 heterocycles. The molecule has 0 radical (unpaired) electrons. The predicted molar refractivity (Wildman–Crippen MR) is 91.0 cm³/mol. The van der Waals surface area contributed by atoms with Gasteiger partial charge in [0.25, 0.3) is 0 Å². The average molecular weight is 298 g/mol. The van der Waals surface area contributed by atoms with E-state index in [2.05, 4.69) is 42.1 Å². The molecule has 1 fully saturated rings. The maximum atomic E-state index is 5.70. The van der Waals surface area contributed by atoms with Gasteiger partial charge in [0.05, 0.1) is 11.6 Å². The molecule has 0 spiro atoms. The molecule has 1 aromatic heterocycles. The lowest BCUT2D eigenvalue weighted by molar-refractivity contribution is 0.0995. The molecule has 0 bridgehead atoms. The highest BCUT2D eigenvalue weighted by atomic mass is 16.5. The zero-order chi connectivity index (χ0) is 15.4. The van der Waals surface area contributed by atoms with Crippen molar-refractivity contribution in [3.05, 3.63) is 41.6 Å². The summed E-state index contributed by atoms with van der Waals surface area (Å²) in [7, 11) is 2.21. The van der Waals surface area contributed by atoms with E-state index in [4.69, 9.17) is 4.74 Å². The molecule has 1 aliphatic rings. The summed E-state index contributed by atoms with van der Waals surface area (Å²) in [6, 6.07) is 8.65. The van der Waals surface area contributed by atoms with Crippen LogP contribution in [0.25, 0.3) is 10.9 Å². The molecule has 118 valence electrons. The van der Waals surface area contributed by atoms with Crippen molar-refractivity contribution in [2.45, 2.75) is 45.3 Å². The van der Waals surface area contributed by atoms with Crippen molar-refractivity contribution >= 4 is 10.9 Å². The van der Waals surface area contributed by atoms with E-state index >= 15 is 0 Å². The van der Waals surface area contributed by atoms with Crippen LogP contribution >= 0.6 is 0 Å². The van der Waals surface area contributed by atoms with Gasteiger partial charge in [-0.2, -0.15) is 0 Å². The number of benzene rings is 1. The minimum Gasteiger partial charge on any atom is -0.378 e. The van der Waals surface area contributed by atoms with Gasteiger partial charge in [-0.15, -0.1) is 0 Å². The van der Waals surface area contributed by atoms with E-state index in [1.54, 1.807) is 0 Å². The summed E-state index contributed by atoms with van der Waals surface area (Å²) in [5, 5.41) is 1.29. The number of hydrogen-bond donors (Lipinski definition) is 0. The fourth-order valence-electron chi connectivity index (χ4n) is 3.34. The molecule has 1 aromatic carbocycles. The second-order valence-corrected chi connectivity index (χ2v) is 6.46. The number of ether oxygens (including phenoxy) is 1. The van der Waals surface area contributed by atoms with E-state index in [9.17, 15) is 0 Å². The van der Waals surface area contributed by atoms with Gasteiger partial charge in [-0.25, -0.2) is 0 Å². The third-order valence-electron chi connectivity index (χ3n) is 4.59. The van der Waals surface area contributed by atoms with Crippen LogP contribution in [0.1, 0.15) is 36.8 Å². The zero-order valence-electron chi connectivity index (χ0n) is 13.7. The molecule has 1 saturated heterocycles. The zero-order valence-corrected chi connectivity index (χ0v) is 13.7. The number of pyridine rings is 1. The molecule has 22 heavy (non-hydrogen) atoms. The smallest absolute Gasteiger partial charge is 0.0734 e. The van der Waals surface area contributed by atoms with E-state index in [-0.39, 0.29) is 0 Å². The van der Waals surface area contributed by atoms with E-state index in [0.29, 0.717) is 6.10 Å². The van der Waals surface area contributed by atoms with Gasteiger partial charge in [0.15, 0.2) is 0 Å². The maximum Gasteiger partial charge on any atom is 0.0734 e. The van der Waals surface area contributed by atoms with Crippen molar-refractivity contribution in [1.29, 1.82) is 0 Å². The Balaban J connectivity index is 1.59. The Morgan fingerprint density at radius 1 is 1.32 bits per heavy atom. The quantitative estimate of drug-likeness (QED) is 0.808. The summed E-state index contributed by atoms with van der Waals surface area (Å²) in [6.07, 6.45) is 7.28. The molecule has 0 amide bonds. The van der Waals surface area contributed by atoms with Crippen LogP contribution in [0, 0.1) is 6.92 Å². The van der Waals surface area contributed by atoms with Crippen LogP contribution in [0.15, 0.2) is 30.5 Å². The van der Waals surface area contributed by atoms with E-state index < -0.39 is 0 Å². The lowest BCUT2D eigenvalue weighted by Crippen LogP contribution is -2.20. The Hall–Kier alpha value is -1.45. The summed E-state index contributed by atoms with van der Waals surface area (Å²) in [5.41, 5.74) is 3.75. The van der Waals surface area contributed by atoms with Gasteiger partial charge in [-0.05, 0) is 63.4 Å². The predicted octanol–water partition coefficient (Wildman–Crippen LogP) is 3.93. The molecule has 0 saturated carbocycles. The van der Waals surface area contributed by atoms with Crippen molar-refractivity contribution in [2.75, 3.05) is 20.2 Å². The van der Waals surface area contributed by atoms with Gasteiger partial charge in [0, 0.05) is 24.7 Å². The van der Waals surface area contributed by atoms with Crippen molar-refractivity contribution in [3.63, 3.8) is 0 Å². The highest BCUT2D eigenvalue weighted by Gasteiger charge is 2.15. The third-order valence-corrected chi connectivity index (χ3v) is 4.59. The van der Waals surface area contributed by atoms with Gasteiger partial charge < -0.3 is 9.64 Å². The van der Waals surface area contributed by atoms with E-state index in [1.165, 1.54) is 42.2 Å². The number of aromatic nitrogens is 1. The van der Waals surface area contributed by atoms with Crippen molar-refractivity contribution in [1.82, 2.24) is 9.88 Å². The molecule has 0 aliphatic carbocycles. The number of fused-ring (bicyclic) bond motifs is 1. The fourth-order valence-corrected chi connectivity index (χ4v) is 3.34. The molecule has 1 atom stereocenters. The van der Waals surface area contributed by atoms with Crippen molar-refractivity contribution < 1.29 is 4.74 Å². The molecule has 1 unspecified atom stereocenters. The maximum absolute atomic E-state index is 5.70. The molecular weight excluding hydrogens is 272 g/mol. The largest absolute Gasteiger partial charge is 0.378 e. The first-order chi connectivity index (χ1) is 10.7. The molecule has 3 heteroatoms.